The fraction of sp³-hybridized carbons (Fsp3) is 0.300. The Kier molecular flexibility index (Phi) is 3.62. The van der Waals surface area contributed by atoms with E-state index in [0.29, 0.717) is 0 Å². The molecule has 0 aromatic heterocycles. The summed E-state index contributed by atoms with van der Waals surface area (Å²) in [6.07, 6.45) is 0.0313. The summed E-state index contributed by atoms with van der Waals surface area (Å²) in [6.45, 7) is 0.135. The highest BCUT2D eigenvalue weighted by Gasteiger charge is 2.16. The molecule has 0 saturated carbocycles. The largest absolute Gasteiger partial charge is 0.505 e. The van der Waals surface area contributed by atoms with Crippen molar-refractivity contribution in [1.29, 1.82) is 0 Å². The maximum absolute atomic E-state index is 13.3. The van der Waals surface area contributed by atoms with E-state index in [9.17, 15) is 14.3 Å². The Bertz CT molecular complexity index is 379. The average Bonchev–Trinajstić information content (AvgIpc) is 2.22. The van der Waals surface area contributed by atoms with Gasteiger partial charge < -0.3 is 15.6 Å². The summed E-state index contributed by atoms with van der Waals surface area (Å²) in [7, 11) is 1.36. The number of carbonyl (C=O) groups is 1. The first-order valence-electron chi connectivity index (χ1n) is 4.40. The molecule has 0 fully saturated rings. The van der Waals surface area contributed by atoms with Gasteiger partial charge in [0.05, 0.1) is 12.7 Å². The van der Waals surface area contributed by atoms with Crippen LogP contribution in [0.1, 0.15) is 16.8 Å². The van der Waals surface area contributed by atoms with Crippen molar-refractivity contribution in [3.05, 3.63) is 23.5 Å². The first-order chi connectivity index (χ1) is 7.10. The highest BCUT2D eigenvalue weighted by Crippen LogP contribution is 2.26. The summed E-state index contributed by atoms with van der Waals surface area (Å²) in [4.78, 5) is 11.4. The zero-order chi connectivity index (χ0) is 11.4. The summed E-state index contributed by atoms with van der Waals surface area (Å²) in [5, 5.41) is 9.19. The molecule has 82 valence electrons. The van der Waals surface area contributed by atoms with Gasteiger partial charge in [0.1, 0.15) is 5.75 Å². The fourth-order valence-electron chi connectivity index (χ4n) is 1.17. The second-order valence-corrected chi connectivity index (χ2v) is 2.97. The van der Waals surface area contributed by atoms with Gasteiger partial charge in [0.2, 0.25) is 0 Å². The Morgan fingerprint density at radius 2 is 2.27 bits per heavy atom. The van der Waals surface area contributed by atoms with E-state index in [-0.39, 0.29) is 24.3 Å². The van der Waals surface area contributed by atoms with Crippen LogP contribution in [0.2, 0.25) is 0 Å². The molecule has 0 aliphatic rings. The molecule has 1 rings (SSSR count). The normalized spacial score (nSPS) is 10.1. The Balaban J connectivity index is 3.15. The number of hydrogen-bond donors (Lipinski definition) is 2. The Morgan fingerprint density at radius 3 is 2.80 bits per heavy atom. The van der Waals surface area contributed by atoms with Crippen LogP contribution in [0.3, 0.4) is 0 Å². The zero-order valence-corrected chi connectivity index (χ0v) is 8.29. The number of hydrogen-bond acceptors (Lipinski definition) is 4. The summed E-state index contributed by atoms with van der Waals surface area (Å²) in [5.41, 5.74) is 4.99. The van der Waals surface area contributed by atoms with Gasteiger partial charge in [-0.05, 0) is 12.6 Å². The van der Waals surface area contributed by atoms with Gasteiger partial charge in [0.15, 0.2) is 17.3 Å². The lowest BCUT2D eigenvalue weighted by Gasteiger charge is -2.06. The highest BCUT2D eigenvalue weighted by molar-refractivity contribution is 5.97. The number of rotatable bonds is 4. The molecular formula is C10H12FNO3. The van der Waals surface area contributed by atoms with E-state index in [4.69, 9.17) is 10.5 Å². The number of Topliss-reactive ketones (excluding diaryl/α,β-unsaturated/α-hetero) is 1. The number of ketones is 1. The summed E-state index contributed by atoms with van der Waals surface area (Å²) >= 11 is 0. The summed E-state index contributed by atoms with van der Waals surface area (Å²) in [5.74, 6) is -1.76. The molecular weight excluding hydrogens is 201 g/mol. The predicted octanol–water partition coefficient (Wildman–Crippen LogP) is 1.07. The van der Waals surface area contributed by atoms with Gasteiger partial charge in [-0.3, -0.25) is 4.79 Å². The van der Waals surface area contributed by atoms with Crippen molar-refractivity contribution in [1.82, 2.24) is 0 Å². The number of methoxy groups -OCH3 is 1. The van der Waals surface area contributed by atoms with Crippen molar-refractivity contribution >= 4 is 5.78 Å². The first-order valence-corrected chi connectivity index (χ1v) is 4.40. The monoisotopic (exact) mass is 213 g/mol. The van der Waals surface area contributed by atoms with Gasteiger partial charge in [-0.2, -0.15) is 0 Å². The van der Waals surface area contributed by atoms with Crippen LogP contribution in [0, 0.1) is 5.82 Å². The van der Waals surface area contributed by atoms with Crippen molar-refractivity contribution in [2.75, 3.05) is 13.7 Å². The van der Waals surface area contributed by atoms with Crippen molar-refractivity contribution in [3.8, 4) is 11.5 Å². The van der Waals surface area contributed by atoms with Crippen LogP contribution in [-0.4, -0.2) is 24.5 Å². The van der Waals surface area contributed by atoms with E-state index in [2.05, 4.69) is 0 Å². The third-order valence-corrected chi connectivity index (χ3v) is 1.93. The Hall–Kier alpha value is -1.62. The minimum atomic E-state index is -0.936. The summed E-state index contributed by atoms with van der Waals surface area (Å²) in [6, 6.07) is 2.35. The van der Waals surface area contributed by atoms with Crippen LogP contribution in [-0.2, 0) is 0 Å². The van der Waals surface area contributed by atoms with Gasteiger partial charge in [-0.25, -0.2) is 4.39 Å². The first kappa shape index (κ1) is 11.5. The van der Waals surface area contributed by atoms with Crippen LogP contribution in [0.4, 0.5) is 4.39 Å². The third-order valence-electron chi connectivity index (χ3n) is 1.93. The molecule has 5 heteroatoms. The van der Waals surface area contributed by atoms with E-state index >= 15 is 0 Å². The molecule has 0 saturated heterocycles. The van der Waals surface area contributed by atoms with E-state index in [1.54, 1.807) is 0 Å². The topological polar surface area (TPSA) is 72.5 Å². The predicted molar refractivity (Wildman–Crippen MR) is 52.6 cm³/mol. The zero-order valence-electron chi connectivity index (χ0n) is 8.29. The fourth-order valence-corrected chi connectivity index (χ4v) is 1.17. The minimum Gasteiger partial charge on any atom is -0.505 e. The molecule has 0 amide bonds. The van der Waals surface area contributed by atoms with Crippen LogP contribution < -0.4 is 10.5 Å². The van der Waals surface area contributed by atoms with Crippen molar-refractivity contribution < 1.29 is 19.0 Å². The quantitative estimate of drug-likeness (QED) is 0.734. The molecule has 0 aliphatic heterocycles. The highest BCUT2D eigenvalue weighted by atomic mass is 19.1. The smallest absolute Gasteiger partial charge is 0.175 e. The number of phenols is 1. The van der Waals surface area contributed by atoms with E-state index < -0.39 is 17.3 Å². The van der Waals surface area contributed by atoms with Gasteiger partial charge in [0.25, 0.3) is 0 Å². The van der Waals surface area contributed by atoms with Gasteiger partial charge >= 0.3 is 0 Å². The molecule has 0 aliphatic carbocycles. The van der Waals surface area contributed by atoms with E-state index in [1.807, 2.05) is 0 Å². The number of nitrogens with two attached hydrogens (primary N) is 1. The molecule has 0 atom stereocenters. The van der Waals surface area contributed by atoms with E-state index in [0.717, 1.165) is 6.07 Å². The second kappa shape index (κ2) is 4.75. The lowest BCUT2D eigenvalue weighted by molar-refractivity contribution is 0.0980. The van der Waals surface area contributed by atoms with Gasteiger partial charge in [-0.15, -0.1) is 0 Å². The van der Waals surface area contributed by atoms with E-state index in [1.165, 1.54) is 13.2 Å². The maximum Gasteiger partial charge on any atom is 0.175 e. The number of ether oxygens (including phenoxy) is 1. The van der Waals surface area contributed by atoms with Crippen LogP contribution in [0.15, 0.2) is 12.1 Å². The molecule has 0 unspecified atom stereocenters. The number of aromatic hydroxyl groups is 1. The number of benzene rings is 1. The number of halogens is 1. The Labute approximate surface area is 86.5 Å². The standard InChI is InChI=1S/C10H12FNO3/c1-15-6-4-7(8(13)2-3-12)10(11)9(14)5-6/h4-5,14H,2-3,12H2,1H3. The average molecular weight is 213 g/mol. The molecule has 0 bridgehead atoms. The molecule has 1 aromatic carbocycles. The van der Waals surface area contributed by atoms with Crippen LogP contribution in [0.5, 0.6) is 11.5 Å². The molecule has 0 heterocycles. The van der Waals surface area contributed by atoms with Gasteiger partial charge in [0, 0.05) is 12.5 Å². The lowest BCUT2D eigenvalue weighted by atomic mass is 10.1. The molecule has 15 heavy (non-hydrogen) atoms. The number of carbonyl (C=O) groups excluding carboxylic acids is 1. The SMILES string of the molecule is COc1cc(O)c(F)c(C(=O)CCN)c1. The van der Waals surface area contributed by atoms with Crippen LogP contribution >= 0.6 is 0 Å². The van der Waals surface area contributed by atoms with Crippen molar-refractivity contribution in [2.24, 2.45) is 5.73 Å². The second-order valence-electron chi connectivity index (χ2n) is 2.97. The molecule has 4 nitrogen and oxygen atoms in total. The Morgan fingerprint density at radius 1 is 1.60 bits per heavy atom. The third kappa shape index (κ3) is 2.44. The molecule has 0 spiro atoms. The van der Waals surface area contributed by atoms with Gasteiger partial charge in [-0.1, -0.05) is 0 Å². The maximum atomic E-state index is 13.3. The van der Waals surface area contributed by atoms with Crippen LogP contribution in [0.25, 0.3) is 0 Å². The number of phenolic OH excluding ortho intramolecular Hbond substituents is 1. The minimum absolute atomic E-state index is 0.0313. The lowest BCUT2D eigenvalue weighted by Crippen LogP contribution is -2.10. The van der Waals surface area contributed by atoms with Crippen molar-refractivity contribution in [3.63, 3.8) is 0 Å². The van der Waals surface area contributed by atoms with Crippen molar-refractivity contribution in [2.45, 2.75) is 6.42 Å². The molecule has 1 aromatic rings. The molecule has 3 N–H and O–H groups in total. The molecule has 0 radical (unpaired) electrons. The summed E-state index contributed by atoms with van der Waals surface area (Å²) < 4.78 is 18.1.